The third-order valence-corrected chi connectivity index (χ3v) is 2.56. The molecule has 0 N–H and O–H groups in total. The Balaban J connectivity index is 0. The first-order valence-corrected chi connectivity index (χ1v) is 5.03. The fourth-order valence-electron chi connectivity index (χ4n) is 1.03. The molecule has 0 bridgehead atoms. The fourth-order valence-corrected chi connectivity index (χ4v) is 1.76. The van der Waals surface area contributed by atoms with E-state index in [0.29, 0.717) is 0 Å². The van der Waals surface area contributed by atoms with Crippen LogP contribution in [0.3, 0.4) is 0 Å². The molecule has 0 aliphatic heterocycles. The molecule has 1 aromatic rings. The molecule has 12 heteroatoms. The van der Waals surface area contributed by atoms with Crippen LogP contribution in [0.5, 0.6) is 0 Å². The van der Waals surface area contributed by atoms with Crippen molar-refractivity contribution in [2.45, 2.75) is 4.90 Å². The molecule has 1 rings (SSSR count). The van der Waals surface area contributed by atoms with E-state index in [0.717, 1.165) is 0 Å². The van der Waals surface area contributed by atoms with E-state index in [2.05, 4.69) is 0 Å². The van der Waals surface area contributed by atoms with Crippen LogP contribution in [0.15, 0.2) is 4.90 Å². The zero-order valence-corrected chi connectivity index (χ0v) is 10.3. The molecule has 0 aliphatic carbocycles. The van der Waals surface area contributed by atoms with Crippen LogP contribution in [0.2, 0.25) is 0 Å². The second-order valence-corrected chi connectivity index (χ2v) is 4.02. The van der Waals surface area contributed by atoms with Crippen molar-refractivity contribution in [3.8, 4) is 0 Å². The number of carboxylic acids is 1. The van der Waals surface area contributed by atoms with Gasteiger partial charge in [0.1, 0.15) is 15.0 Å². The van der Waals surface area contributed by atoms with E-state index >= 15 is 0 Å². The van der Waals surface area contributed by atoms with E-state index in [1.807, 2.05) is 0 Å². The van der Waals surface area contributed by atoms with E-state index in [9.17, 15) is 40.4 Å². The van der Waals surface area contributed by atoms with Gasteiger partial charge in [-0.15, -0.1) is 0 Å². The van der Waals surface area contributed by atoms with Gasteiger partial charge in [0.15, 0.2) is 23.3 Å². The van der Waals surface area contributed by atoms with E-state index in [4.69, 9.17) is 0 Å². The Kier molecular flexibility index (Phi) is 7.45. The second kappa shape index (κ2) is 6.79. The van der Waals surface area contributed by atoms with Crippen LogP contribution in [0.25, 0.3) is 0 Å². The number of carbonyl (C=O) groups is 1. The summed E-state index contributed by atoms with van der Waals surface area (Å²) in [6.07, 6.45) is 0. The van der Waals surface area contributed by atoms with Crippen LogP contribution in [0.4, 0.5) is 17.6 Å². The average molecular weight is 286 g/mol. The Morgan fingerprint density at radius 2 is 1.26 bits per heavy atom. The Labute approximate surface area is 128 Å². The smallest absolute Gasteiger partial charge is 0.744 e. The minimum atomic E-state index is -5.86. The first kappa shape index (κ1) is 20.8. The van der Waals surface area contributed by atoms with Crippen molar-refractivity contribution in [2.24, 2.45) is 0 Å². The molecule has 5 nitrogen and oxygen atoms in total. The maximum Gasteiger partial charge on any atom is 1.00 e. The molecule has 0 unspecified atom stereocenters. The summed E-state index contributed by atoms with van der Waals surface area (Å²) in [6, 6.07) is 0. The summed E-state index contributed by atoms with van der Waals surface area (Å²) in [4.78, 5) is 7.96. The average Bonchev–Trinajstić information content (AvgIpc) is 2.17. The van der Waals surface area contributed by atoms with Gasteiger partial charge in [-0.05, 0) is 0 Å². The number of hydrogen-bond acceptors (Lipinski definition) is 5. The van der Waals surface area contributed by atoms with Crippen molar-refractivity contribution in [3.63, 3.8) is 0 Å². The molecule has 0 spiro atoms. The standard InChI is InChI=1S/C7H2F4O5S.2Li/c8-2-1(7(12)13)6(17(14,15)16)5(11)4(10)3(2)9;;/h(H,12,13)(H,14,15,16);;/q;2*+1/p-2. The molecule has 0 fully saturated rings. The Morgan fingerprint density at radius 3 is 1.58 bits per heavy atom. The van der Waals surface area contributed by atoms with Crippen molar-refractivity contribution < 1.29 is 78.2 Å². The maximum absolute atomic E-state index is 12.9. The van der Waals surface area contributed by atoms with Gasteiger partial charge < -0.3 is 14.5 Å². The monoisotopic (exact) mass is 286 g/mol. The van der Waals surface area contributed by atoms with Crippen LogP contribution < -0.4 is 42.8 Å². The van der Waals surface area contributed by atoms with E-state index < -0.39 is 49.8 Å². The van der Waals surface area contributed by atoms with E-state index in [1.165, 1.54) is 0 Å². The minimum absolute atomic E-state index is 0. The zero-order chi connectivity index (χ0) is 13.5. The summed E-state index contributed by atoms with van der Waals surface area (Å²) in [7, 11) is -5.86. The quantitative estimate of drug-likeness (QED) is 0.177. The van der Waals surface area contributed by atoms with Crippen LogP contribution in [-0.2, 0) is 10.1 Å². The molecule has 0 saturated carbocycles. The van der Waals surface area contributed by atoms with E-state index in [-0.39, 0.29) is 37.7 Å². The normalized spacial score (nSPS) is 10.4. The summed E-state index contributed by atoms with van der Waals surface area (Å²) in [5.41, 5.74) is -2.18. The SMILES string of the molecule is O=C([O-])c1c(F)c(F)c(F)c(F)c1S(=O)(=O)[O-].[Li+].[Li+]. The van der Waals surface area contributed by atoms with Crippen molar-refractivity contribution in [1.29, 1.82) is 0 Å². The molecule has 0 atom stereocenters. The van der Waals surface area contributed by atoms with Gasteiger partial charge in [0.05, 0.1) is 11.5 Å². The van der Waals surface area contributed by atoms with Crippen molar-refractivity contribution in [3.05, 3.63) is 28.8 Å². The molecule has 0 aliphatic rings. The largest absolute Gasteiger partial charge is 1.00 e. The first-order chi connectivity index (χ1) is 7.59. The number of carbonyl (C=O) groups excluding carboxylic acids is 1. The Morgan fingerprint density at radius 1 is 0.895 bits per heavy atom. The minimum Gasteiger partial charge on any atom is -0.744 e. The molecule has 0 aromatic heterocycles. The maximum atomic E-state index is 12.9. The molecule has 0 amide bonds. The number of benzene rings is 1. The number of halogens is 4. The molecule has 94 valence electrons. The van der Waals surface area contributed by atoms with Crippen LogP contribution >= 0.6 is 0 Å². The van der Waals surface area contributed by atoms with Gasteiger partial charge in [-0.3, -0.25) is 0 Å². The van der Waals surface area contributed by atoms with Gasteiger partial charge in [-0.2, -0.15) is 0 Å². The summed E-state index contributed by atoms with van der Waals surface area (Å²) >= 11 is 0. The second-order valence-electron chi connectivity index (χ2n) is 2.70. The summed E-state index contributed by atoms with van der Waals surface area (Å²) in [6.45, 7) is 0. The van der Waals surface area contributed by atoms with Gasteiger partial charge in [0.2, 0.25) is 0 Å². The fraction of sp³-hybridized carbons (Fsp3) is 0. The molecule has 19 heavy (non-hydrogen) atoms. The molecular formula is C7F4Li2O5S. The van der Waals surface area contributed by atoms with E-state index in [1.54, 1.807) is 0 Å². The van der Waals surface area contributed by atoms with Gasteiger partial charge in [0.25, 0.3) is 0 Å². The number of carboxylic acid groups (broad SMARTS) is 1. The van der Waals surface area contributed by atoms with Gasteiger partial charge >= 0.3 is 37.7 Å². The number of hydrogen-bond donors (Lipinski definition) is 0. The van der Waals surface area contributed by atoms with Crippen molar-refractivity contribution >= 4 is 16.1 Å². The third-order valence-electron chi connectivity index (χ3n) is 1.68. The van der Waals surface area contributed by atoms with Crippen LogP contribution in [0.1, 0.15) is 10.4 Å². The third kappa shape index (κ3) is 3.75. The zero-order valence-electron chi connectivity index (χ0n) is 9.46. The number of aromatic carboxylic acids is 1. The van der Waals surface area contributed by atoms with Crippen LogP contribution in [-0.4, -0.2) is 18.9 Å². The summed E-state index contributed by atoms with van der Waals surface area (Å²) < 4.78 is 82.4. The summed E-state index contributed by atoms with van der Waals surface area (Å²) in [5.74, 6) is -13.0. The summed E-state index contributed by atoms with van der Waals surface area (Å²) in [5, 5.41) is 10.3. The molecular weight excluding hydrogens is 286 g/mol. The Hall–Kier alpha value is -0.485. The first-order valence-electron chi connectivity index (χ1n) is 3.62. The molecule has 1 aromatic carbocycles. The topological polar surface area (TPSA) is 97.3 Å². The van der Waals surface area contributed by atoms with Crippen LogP contribution in [0, 0.1) is 23.3 Å². The van der Waals surface area contributed by atoms with Crippen molar-refractivity contribution in [2.75, 3.05) is 0 Å². The Bertz CT molecular complexity index is 619. The van der Waals surface area contributed by atoms with Gasteiger partial charge in [-0.1, -0.05) is 0 Å². The van der Waals surface area contributed by atoms with Gasteiger partial charge in [-0.25, -0.2) is 26.0 Å². The van der Waals surface area contributed by atoms with Gasteiger partial charge in [0, 0.05) is 0 Å². The molecule has 0 heterocycles. The predicted octanol–water partition coefficient (Wildman–Crippen LogP) is -6.48. The predicted molar refractivity (Wildman–Crippen MR) is 38.6 cm³/mol. The van der Waals surface area contributed by atoms with Crippen molar-refractivity contribution in [1.82, 2.24) is 0 Å². The molecule has 0 radical (unpaired) electrons. The number of rotatable bonds is 2. The molecule has 0 saturated heterocycles.